The number of nitrogens with two attached hydrogens (primary N) is 1. The Morgan fingerprint density at radius 3 is 2.62 bits per heavy atom. The molecule has 6 nitrogen and oxygen atoms in total. The number of thiophene rings is 1. The quantitative estimate of drug-likeness (QED) is 0.631. The Labute approximate surface area is 129 Å². The van der Waals surface area contributed by atoms with Crippen LogP contribution in [0, 0.1) is 0 Å². The molecule has 0 aromatic carbocycles. The van der Waals surface area contributed by atoms with Gasteiger partial charge in [-0.25, -0.2) is 8.42 Å². The predicted octanol–water partition coefficient (Wildman–Crippen LogP) is 1.86. The van der Waals surface area contributed by atoms with Gasteiger partial charge in [-0.15, -0.1) is 17.9 Å². The molecule has 0 aliphatic carbocycles. The normalized spacial score (nSPS) is 11.1. The van der Waals surface area contributed by atoms with E-state index in [0.29, 0.717) is 18.1 Å². The summed E-state index contributed by atoms with van der Waals surface area (Å²) in [5.74, 6) is -0.461. The van der Waals surface area contributed by atoms with Crippen LogP contribution in [-0.2, 0) is 9.84 Å². The molecule has 1 aromatic rings. The Hall–Kier alpha value is -1.54. The fourth-order valence-corrected chi connectivity index (χ4v) is 4.26. The average Bonchev–Trinajstić information content (AvgIpc) is 2.80. The highest BCUT2D eigenvalue weighted by atomic mass is 32.2. The van der Waals surface area contributed by atoms with Crippen molar-refractivity contribution in [3.8, 4) is 0 Å². The van der Waals surface area contributed by atoms with Crippen molar-refractivity contribution in [3.63, 3.8) is 0 Å². The van der Waals surface area contributed by atoms with Crippen molar-refractivity contribution < 1.29 is 13.2 Å². The second-order valence-corrected chi connectivity index (χ2v) is 7.57. The van der Waals surface area contributed by atoms with Crippen LogP contribution in [0.1, 0.15) is 29.9 Å². The van der Waals surface area contributed by atoms with Gasteiger partial charge in [0.15, 0.2) is 9.84 Å². The van der Waals surface area contributed by atoms with Gasteiger partial charge in [0.25, 0.3) is 5.91 Å². The molecule has 1 rings (SSSR count). The Balaban J connectivity index is 3.30. The van der Waals surface area contributed by atoms with Crippen LogP contribution in [-0.4, -0.2) is 33.2 Å². The lowest BCUT2D eigenvalue weighted by Gasteiger charge is -2.06. The molecule has 0 spiro atoms. The molecular weight excluding hydrogens is 310 g/mol. The van der Waals surface area contributed by atoms with Crippen molar-refractivity contribution in [2.45, 2.75) is 25.2 Å². The van der Waals surface area contributed by atoms with E-state index in [9.17, 15) is 13.2 Å². The van der Waals surface area contributed by atoms with Crippen molar-refractivity contribution in [2.24, 2.45) is 0 Å². The molecule has 0 aliphatic heterocycles. The molecule has 0 atom stereocenters. The molecule has 21 heavy (non-hydrogen) atoms. The molecule has 0 unspecified atom stereocenters. The maximum Gasteiger partial charge on any atom is 0.263 e. The van der Waals surface area contributed by atoms with E-state index in [1.165, 1.54) is 0 Å². The first-order valence-corrected chi connectivity index (χ1v) is 9.13. The zero-order valence-corrected chi connectivity index (χ0v) is 13.9. The first-order chi connectivity index (χ1) is 9.88. The van der Waals surface area contributed by atoms with Gasteiger partial charge in [0.2, 0.25) is 0 Å². The van der Waals surface area contributed by atoms with Crippen molar-refractivity contribution >= 4 is 37.8 Å². The number of rotatable bonds is 8. The van der Waals surface area contributed by atoms with Crippen LogP contribution in [0.5, 0.6) is 0 Å². The van der Waals surface area contributed by atoms with E-state index in [1.54, 1.807) is 13.0 Å². The largest absolute Gasteiger partial charge is 0.396 e. The zero-order valence-electron chi connectivity index (χ0n) is 12.2. The SMILES string of the molecule is C=CCNC(=O)c1sc(NCCC)c(S(=O)(=O)CC)c1N. The number of hydrogen-bond donors (Lipinski definition) is 3. The number of carbonyl (C=O) groups excluding carboxylic acids is 1. The summed E-state index contributed by atoms with van der Waals surface area (Å²) < 4.78 is 24.4. The topological polar surface area (TPSA) is 101 Å². The van der Waals surface area contributed by atoms with Crippen LogP contribution in [0.3, 0.4) is 0 Å². The fraction of sp³-hybridized carbons (Fsp3) is 0.462. The van der Waals surface area contributed by atoms with Crippen LogP contribution >= 0.6 is 11.3 Å². The number of hydrogen-bond acceptors (Lipinski definition) is 6. The molecule has 0 fully saturated rings. The average molecular weight is 331 g/mol. The third-order valence-corrected chi connectivity index (χ3v) is 5.84. The van der Waals surface area contributed by atoms with E-state index in [-0.39, 0.29) is 21.2 Å². The molecule has 0 aliphatic rings. The summed E-state index contributed by atoms with van der Waals surface area (Å²) in [5, 5.41) is 6.07. The number of amides is 1. The van der Waals surface area contributed by atoms with E-state index in [0.717, 1.165) is 17.8 Å². The van der Waals surface area contributed by atoms with Crippen molar-refractivity contribution in [1.82, 2.24) is 5.32 Å². The fourth-order valence-electron chi connectivity index (χ4n) is 1.65. The highest BCUT2D eigenvalue weighted by Gasteiger charge is 2.28. The number of nitrogens with one attached hydrogen (secondary N) is 2. The van der Waals surface area contributed by atoms with E-state index >= 15 is 0 Å². The summed E-state index contributed by atoms with van der Waals surface area (Å²) >= 11 is 1.07. The van der Waals surface area contributed by atoms with Crippen LogP contribution in [0.4, 0.5) is 10.7 Å². The molecular formula is C13H21N3O3S2. The van der Waals surface area contributed by atoms with Gasteiger partial charge in [-0.2, -0.15) is 0 Å². The molecule has 4 N–H and O–H groups in total. The van der Waals surface area contributed by atoms with E-state index in [4.69, 9.17) is 5.73 Å². The molecule has 0 radical (unpaired) electrons. The van der Waals surface area contributed by atoms with Gasteiger partial charge < -0.3 is 16.4 Å². The van der Waals surface area contributed by atoms with Gasteiger partial charge in [0.05, 0.1) is 11.4 Å². The van der Waals surface area contributed by atoms with Gasteiger partial charge in [-0.05, 0) is 6.42 Å². The lowest BCUT2D eigenvalue weighted by molar-refractivity contribution is 0.0963. The maximum atomic E-state index is 12.2. The van der Waals surface area contributed by atoms with Crippen LogP contribution in [0.2, 0.25) is 0 Å². The minimum Gasteiger partial charge on any atom is -0.396 e. The monoisotopic (exact) mass is 331 g/mol. The molecule has 8 heteroatoms. The second-order valence-electron chi connectivity index (χ2n) is 4.33. The van der Waals surface area contributed by atoms with Crippen molar-refractivity contribution in [1.29, 1.82) is 0 Å². The number of sulfone groups is 1. The van der Waals surface area contributed by atoms with E-state index in [1.807, 2.05) is 6.92 Å². The smallest absolute Gasteiger partial charge is 0.263 e. The number of nitrogen functional groups attached to an aromatic ring is 1. The minimum absolute atomic E-state index is 0.0158. The highest BCUT2D eigenvalue weighted by molar-refractivity contribution is 7.91. The first-order valence-electron chi connectivity index (χ1n) is 6.66. The summed E-state index contributed by atoms with van der Waals surface area (Å²) in [4.78, 5) is 12.3. The van der Waals surface area contributed by atoms with Crippen LogP contribution < -0.4 is 16.4 Å². The predicted molar refractivity (Wildman–Crippen MR) is 87.8 cm³/mol. The molecule has 1 heterocycles. The van der Waals surface area contributed by atoms with Gasteiger partial charge in [0.1, 0.15) is 14.8 Å². The lowest BCUT2D eigenvalue weighted by Crippen LogP contribution is -2.23. The molecule has 0 saturated heterocycles. The van der Waals surface area contributed by atoms with Crippen molar-refractivity contribution in [2.75, 3.05) is 29.9 Å². The van der Waals surface area contributed by atoms with Gasteiger partial charge >= 0.3 is 0 Å². The Morgan fingerprint density at radius 2 is 2.10 bits per heavy atom. The van der Waals surface area contributed by atoms with Gasteiger partial charge in [-0.3, -0.25) is 4.79 Å². The molecule has 118 valence electrons. The van der Waals surface area contributed by atoms with E-state index in [2.05, 4.69) is 17.2 Å². The summed E-state index contributed by atoms with van der Waals surface area (Å²) in [6.07, 6.45) is 2.38. The second kappa shape index (κ2) is 7.46. The first kappa shape index (κ1) is 17.5. The highest BCUT2D eigenvalue weighted by Crippen LogP contribution is 2.39. The number of carbonyl (C=O) groups is 1. The minimum atomic E-state index is -3.50. The summed E-state index contributed by atoms with van der Waals surface area (Å²) in [6.45, 7) is 7.94. The molecule has 0 bridgehead atoms. The van der Waals surface area contributed by atoms with Crippen LogP contribution in [0.15, 0.2) is 17.6 Å². The summed E-state index contributed by atoms with van der Waals surface area (Å²) in [6, 6.07) is 0. The Morgan fingerprint density at radius 1 is 1.43 bits per heavy atom. The standard InChI is InChI=1S/C13H21N3O3S2/c1-4-7-15-12(17)10-9(14)11(21(18,19)6-3)13(20-10)16-8-5-2/h4,16H,1,5-8,14H2,2-3H3,(H,15,17). The van der Waals surface area contributed by atoms with E-state index < -0.39 is 15.7 Å². The number of anilines is 2. The lowest BCUT2D eigenvalue weighted by atomic mass is 10.3. The van der Waals surface area contributed by atoms with Crippen molar-refractivity contribution in [3.05, 3.63) is 17.5 Å². The van der Waals surface area contributed by atoms with Crippen LogP contribution in [0.25, 0.3) is 0 Å². The summed E-state index contributed by atoms with van der Waals surface area (Å²) in [7, 11) is -3.50. The Kier molecular flexibility index (Phi) is 6.22. The Bertz CT molecular complexity index is 621. The third-order valence-electron chi connectivity index (χ3n) is 2.74. The summed E-state index contributed by atoms with van der Waals surface area (Å²) in [5.41, 5.74) is 5.93. The van der Waals surface area contributed by atoms with Gasteiger partial charge in [0, 0.05) is 13.1 Å². The van der Waals surface area contributed by atoms with Gasteiger partial charge in [-0.1, -0.05) is 19.9 Å². The molecule has 1 amide bonds. The third kappa shape index (κ3) is 3.98. The maximum absolute atomic E-state index is 12.2. The molecule has 0 saturated carbocycles. The zero-order chi connectivity index (χ0) is 16.0. The molecule has 1 aromatic heterocycles.